The fraction of sp³-hybridized carbons (Fsp3) is 1.00. The normalized spacial score (nSPS) is 41.8. The molecule has 2 atom stereocenters. The zero-order valence-electron chi connectivity index (χ0n) is 6.12. The van der Waals surface area contributed by atoms with Gasteiger partial charge in [0.05, 0.1) is 24.2 Å². The molecular formula is C6H11NO3S. The SMILES string of the molecule is O=S1(=O)C[C@@H]2NCCO[C@@H]2C1. The van der Waals surface area contributed by atoms with Crippen molar-refractivity contribution in [3.05, 3.63) is 0 Å². The molecule has 64 valence electrons. The zero-order chi connectivity index (χ0) is 7.90. The first kappa shape index (κ1) is 7.52. The third kappa shape index (κ3) is 1.40. The molecule has 4 nitrogen and oxygen atoms in total. The van der Waals surface area contributed by atoms with E-state index < -0.39 is 9.84 Å². The van der Waals surface area contributed by atoms with E-state index in [1.807, 2.05) is 0 Å². The Labute approximate surface area is 65.8 Å². The van der Waals surface area contributed by atoms with Crippen LogP contribution in [0.5, 0.6) is 0 Å². The molecule has 2 heterocycles. The average Bonchev–Trinajstić information content (AvgIpc) is 2.21. The fourth-order valence-electron chi connectivity index (χ4n) is 1.62. The Morgan fingerprint density at radius 2 is 2.18 bits per heavy atom. The standard InChI is InChI=1S/C6H11NO3S/c8-11(9)3-5-6(4-11)10-2-1-7-5/h5-7H,1-4H2/t5-,6+/m0/s1. The lowest BCUT2D eigenvalue weighted by atomic mass is 10.2. The van der Waals surface area contributed by atoms with E-state index in [2.05, 4.69) is 5.32 Å². The summed E-state index contributed by atoms with van der Waals surface area (Å²) >= 11 is 0. The van der Waals surface area contributed by atoms with E-state index in [0.717, 1.165) is 6.54 Å². The highest BCUT2D eigenvalue weighted by Gasteiger charge is 2.39. The molecule has 0 saturated carbocycles. The molecule has 0 unspecified atom stereocenters. The summed E-state index contributed by atoms with van der Waals surface area (Å²) in [5.74, 6) is 0.447. The van der Waals surface area contributed by atoms with E-state index in [1.165, 1.54) is 0 Å². The van der Waals surface area contributed by atoms with Crippen molar-refractivity contribution in [3.63, 3.8) is 0 Å². The smallest absolute Gasteiger partial charge is 0.154 e. The van der Waals surface area contributed by atoms with Crippen LogP contribution in [0.2, 0.25) is 0 Å². The number of hydrogen-bond acceptors (Lipinski definition) is 4. The van der Waals surface area contributed by atoms with Gasteiger partial charge in [-0.25, -0.2) is 8.42 Å². The van der Waals surface area contributed by atoms with E-state index in [1.54, 1.807) is 0 Å². The molecule has 11 heavy (non-hydrogen) atoms. The number of morpholine rings is 1. The van der Waals surface area contributed by atoms with E-state index >= 15 is 0 Å². The van der Waals surface area contributed by atoms with Gasteiger partial charge in [0.25, 0.3) is 0 Å². The van der Waals surface area contributed by atoms with Gasteiger partial charge in [0, 0.05) is 12.6 Å². The Morgan fingerprint density at radius 1 is 1.36 bits per heavy atom. The molecule has 0 aromatic heterocycles. The van der Waals surface area contributed by atoms with Gasteiger partial charge in [-0.3, -0.25) is 0 Å². The summed E-state index contributed by atoms with van der Waals surface area (Å²) in [6.07, 6.45) is -0.0891. The lowest BCUT2D eigenvalue weighted by molar-refractivity contribution is 0.0224. The van der Waals surface area contributed by atoms with Crippen molar-refractivity contribution in [3.8, 4) is 0 Å². The Bertz CT molecular complexity index is 229. The molecule has 0 aromatic rings. The van der Waals surface area contributed by atoms with Crippen molar-refractivity contribution in [1.29, 1.82) is 0 Å². The zero-order valence-corrected chi connectivity index (χ0v) is 6.93. The van der Waals surface area contributed by atoms with Crippen molar-refractivity contribution in [2.24, 2.45) is 0 Å². The van der Waals surface area contributed by atoms with Crippen molar-refractivity contribution >= 4 is 9.84 Å². The Morgan fingerprint density at radius 3 is 2.91 bits per heavy atom. The maximum Gasteiger partial charge on any atom is 0.154 e. The van der Waals surface area contributed by atoms with Crippen LogP contribution in [0, 0.1) is 0 Å². The molecule has 2 saturated heterocycles. The molecule has 0 aromatic carbocycles. The minimum atomic E-state index is -2.82. The third-order valence-corrected chi connectivity index (χ3v) is 3.84. The van der Waals surface area contributed by atoms with Gasteiger partial charge >= 0.3 is 0 Å². The third-order valence-electron chi connectivity index (χ3n) is 2.14. The van der Waals surface area contributed by atoms with Crippen LogP contribution in [0.1, 0.15) is 0 Å². The van der Waals surface area contributed by atoms with Gasteiger partial charge in [-0.2, -0.15) is 0 Å². The van der Waals surface area contributed by atoms with Gasteiger partial charge < -0.3 is 10.1 Å². The van der Waals surface area contributed by atoms with Crippen LogP contribution < -0.4 is 5.32 Å². The van der Waals surface area contributed by atoms with Gasteiger partial charge in [-0.15, -0.1) is 0 Å². The topological polar surface area (TPSA) is 55.4 Å². The van der Waals surface area contributed by atoms with E-state index in [4.69, 9.17) is 4.74 Å². The van der Waals surface area contributed by atoms with E-state index in [-0.39, 0.29) is 23.7 Å². The predicted octanol–water partition coefficient (Wildman–Crippen LogP) is -1.23. The summed E-state index contributed by atoms with van der Waals surface area (Å²) in [6, 6.07) is 0.0498. The molecule has 2 aliphatic rings. The maximum absolute atomic E-state index is 11.1. The number of sulfone groups is 1. The summed E-state index contributed by atoms with van der Waals surface area (Å²) in [4.78, 5) is 0. The number of fused-ring (bicyclic) bond motifs is 1. The van der Waals surface area contributed by atoms with Gasteiger partial charge in [-0.05, 0) is 0 Å². The Kier molecular flexibility index (Phi) is 1.66. The van der Waals surface area contributed by atoms with E-state index in [0.29, 0.717) is 6.61 Å². The van der Waals surface area contributed by atoms with Crippen LogP contribution in [-0.4, -0.2) is 45.2 Å². The largest absolute Gasteiger partial charge is 0.374 e. The first-order chi connectivity index (χ1) is 5.17. The summed E-state index contributed by atoms with van der Waals surface area (Å²) in [6.45, 7) is 1.41. The molecule has 0 radical (unpaired) electrons. The van der Waals surface area contributed by atoms with Crippen LogP contribution >= 0.6 is 0 Å². The number of ether oxygens (including phenoxy) is 1. The highest BCUT2D eigenvalue weighted by atomic mass is 32.2. The van der Waals surface area contributed by atoms with Crippen molar-refractivity contribution in [2.45, 2.75) is 12.1 Å². The first-order valence-corrected chi connectivity index (χ1v) is 5.55. The van der Waals surface area contributed by atoms with Crippen LogP contribution in [0.25, 0.3) is 0 Å². The molecule has 5 heteroatoms. The lowest BCUT2D eigenvalue weighted by Crippen LogP contribution is -2.47. The Hall–Kier alpha value is -0.130. The second kappa shape index (κ2) is 2.43. The number of rotatable bonds is 0. The van der Waals surface area contributed by atoms with Gasteiger partial charge in [-0.1, -0.05) is 0 Å². The second-order valence-corrected chi connectivity index (χ2v) is 5.20. The highest BCUT2D eigenvalue weighted by molar-refractivity contribution is 7.91. The maximum atomic E-state index is 11.1. The van der Waals surface area contributed by atoms with Gasteiger partial charge in [0.2, 0.25) is 0 Å². The van der Waals surface area contributed by atoms with E-state index in [9.17, 15) is 8.42 Å². The molecular weight excluding hydrogens is 166 g/mol. The quantitative estimate of drug-likeness (QED) is 0.503. The number of hydrogen-bond donors (Lipinski definition) is 1. The van der Waals surface area contributed by atoms with Crippen LogP contribution in [0.4, 0.5) is 0 Å². The van der Waals surface area contributed by atoms with Crippen LogP contribution in [0.15, 0.2) is 0 Å². The first-order valence-electron chi connectivity index (χ1n) is 3.73. The molecule has 1 N–H and O–H groups in total. The van der Waals surface area contributed by atoms with Gasteiger partial charge in [0.15, 0.2) is 9.84 Å². The molecule has 0 spiro atoms. The molecule has 2 rings (SSSR count). The van der Waals surface area contributed by atoms with Crippen molar-refractivity contribution in [2.75, 3.05) is 24.7 Å². The molecule has 2 aliphatic heterocycles. The minimum absolute atomic E-state index is 0.0498. The summed E-state index contributed by atoms with van der Waals surface area (Å²) in [7, 11) is -2.82. The minimum Gasteiger partial charge on any atom is -0.374 e. The summed E-state index contributed by atoms with van der Waals surface area (Å²) in [5, 5.41) is 3.13. The predicted molar refractivity (Wildman–Crippen MR) is 40.2 cm³/mol. The average molecular weight is 177 g/mol. The highest BCUT2D eigenvalue weighted by Crippen LogP contribution is 2.17. The van der Waals surface area contributed by atoms with Crippen LogP contribution in [-0.2, 0) is 14.6 Å². The molecule has 0 aliphatic carbocycles. The monoisotopic (exact) mass is 177 g/mol. The molecule has 0 bridgehead atoms. The molecule has 0 amide bonds. The molecule has 2 fully saturated rings. The lowest BCUT2D eigenvalue weighted by Gasteiger charge is -2.25. The fourth-order valence-corrected chi connectivity index (χ4v) is 3.47. The summed E-state index contributed by atoms with van der Waals surface area (Å²) < 4.78 is 27.4. The van der Waals surface area contributed by atoms with Crippen molar-refractivity contribution < 1.29 is 13.2 Å². The van der Waals surface area contributed by atoms with Crippen molar-refractivity contribution in [1.82, 2.24) is 5.32 Å². The number of nitrogens with one attached hydrogen (secondary N) is 1. The van der Waals surface area contributed by atoms with Crippen LogP contribution in [0.3, 0.4) is 0 Å². The Balaban J connectivity index is 2.15. The summed E-state index contributed by atoms with van der Waals surface area (Å²) in [5.41, 5.74) is 0. The van der Waals surface area contributed by atoms with Gasteiger partial charge in [0.1, 0.15) is 0 Å². The second-order valence-electron chi connectivity index (χ2n) is 3.05.